The fourth-order valence-corrected chi connectivity index (χ4v) is 3.97. The molecule has 0 aromatic heterocycles. The lowest BCUT2D eigenvalue weighted by Gasteiger charge is -2.46. The molecule has 2 rings (SSSR count). The quantitative estimate of drug-likeness (QED) is 0.805. The van der Waals surface area contributed by atoms with Crippen molar-refractivity contribution in [2.45, 2.75) is 64.5 Å². The van der Waals surface area contributed by atoms with Gasteiger partial charge >= 0.3 is 5.97 Å². The molecular weight excluding hydrogens is 214 g/mol. The molecule has 1 saturated heterocycles. The number of carbonyl (C=O) groups is 1. The van der Waals surface area contributed by atoms with Gasteiger partial charge < -0.3 is 5.11 Å². The van der Waals surface area contributed by atoms with Gasteiger partial charge in [-0.15, -0.1) is 0 Å². The Balaban J connectivity index is 2.22. The molecule has 0 bridgehead atoms. The molecule has 3 heteroatoms. The predicted molar refractivity (Wildman–Crippen MR) is 67.9 cm³/mol. The Hall–Kier alpha value is -0.570. The number of hydrogen-bond acceptors (Lipinski definition) is 2. The minimum Gasteiger partial charge on any atom is -0.480 e. The van der Waals surface area contributed by atoms with E-state index in [-0.39, 0.29) is 0 Å². The van der Waals surface area contributed by atoms with E-state index < -0.39 is 11.5 Å². The summed E-state index contributed by atoms with van der Waals surface area (Å²) in [4.78, 5) is 13.8. The van der Waals surface area contributed by atoms with Crippen molar-refractivity contribution in [3.8, 4) is 0 Å². The molecule has 0 aromatic carbocycles. The SMILES string of the molecule is CC1CCCC(C)C1N1CCCC1(C)C(=O)O. The van der Waals surface area contributed by atoms with Crippen LogP contribution in [0.2, 0.25) is 0 Å². The van der Waals surface area contributed by atoms with Gasteiger partial charge in [0.1, 0.15) is 5.54 Å². The van der Waals surface area contributed by atoms with Crippen LogP contribution in [-0.4, -0.2) is 34.1 Å². The topological polar surface area (TPSA) is 40.5 Å². The standard InChI is InChI=1S/C14H25NO2/c1-10-6-4-7-11(2)12(10)15-9-5-8-14(15,3)13(16)17/h10-12H,4-9H2,1-3H3,(H,16,17). The maximum atomic E-state index is 11.5. The highest BCUT2D eigenvalue weighted by molar-refractivity contribution is 5.78. The van der Waals surface area contributed by atoms with E-state index in [1.807, 2.05) is 6.92 Å². The van der Waals surface area contributed by atoms with E-state index in [1.165, 1.54) is 19.3 Å². The van der Waals surface area contributed by atoms with Crippen LogP contribution in [0.25, 0.3) is 0 Å². The summed E-state index contributed by atoms with van der Waals surface area (Å²) < 4.78 is 0. The van der Waals surface area contributed by atoms with Crippen molar-refractivity contribution in [2.75, 3.05) is 6.54 Å². The molecule has 98 valence electrons. The summed E-state index contributed by atoms with van der Waals surface area (Å²) in [5.41, 5.74) is -0.621. The minimum absolute atomic E-state index is 0.465. The molecular formula is C14H25NO2. The lowest BCUT2D eigenvalue weighted by Crippen LogP contribution is -2.57. The van der Waals surface area contributed by atoms with Crippen LogP contribution in [0.15, 0.2) is 0 Å². The van der Waals surface area contributed by atoms with E-state index in [9.17, 15) is 9.90 Å². The van der Waals surface area contributed by atoms with Crippen molar-refractivity contribution in [1.29, 1.82) is 0 Å². The number of carboxylic acids is 1. The van der Waals surface area contributed by atoms with Crippen molar-refractivity contribution < 1.29 is 9.90 Å². The Morgan fingerprint density at radius 3 is 2.35 bits per heavy atom. The number of nitrogens with zero attached hydrogens (tertiary/aromatic N) is 1. The fraction of sp³-hybridized carbons (Fsp3) is 0.929. The zero-order chi connectivity index (χ0) is 12.6. The van der Waals surface area contributed by atoms with Gasteiger partial charge in [0.05, 0.1) is 0 Å². The Morgan fingerprint density at radius 1 is 1.24 bits per heavy atom. The van der Waals surface area contributed by atoms with E-state index in [4.69, 9.17) is 0 Å². The fourth-order valence-electron chi connectivity index (χ4n) is 3.97. The summed E-state index contributed by atoms with van der Waals surface area (Å²) in [6.45, 7) is 7.46. The third-order valence-corrected chi connectivity index (χ3v) is 5.00. The van der Waals surface area contributed by atoms with Crippen LogP contribution in [-0.2, 0) is 4.79 Å². The molecule has 0 radical (unpaired) electrons. The molecule has 1 heterocycles. The summed E-state index contributed by atoms with van der Waals surface area (Å²) in [6.07, 6.45) is 5.63. The van der Waals surface area contributed by atoms with Crippen molar-refractivity contribution in [3.05, 3.63) is 0 Å². The van der Waals surface area contributed by atoms with E-state index in [1.54, 1.807) is 0 Å². The van der Waals surface area contributed by atoms with Gasteiger partial charge in [-0.05, 0) is 51.0 Å². The van der Waals surface area contributed by atoms with Gasteiger partial charge in [-0.25, -0.2) is 0 Å². The molecule has 1 N–H and O–H groups in total. The molecule has 0 amide bonds. The maximum Gasteiger partial charge on any atom is 0.323 e. The Morgan fingerprint density at radius 2 is 1.82 bits per heavy atom. The first kappa shape index (κ1) is 12.9. The second-order valence-corrected chi connectivity index (χ2v) is 6.25. The highest BCUT2D eigenvalue weighted by atomic mass is 16.4. The molecule has 1 aliphatic carbocycles. The van der Waals surface area contributed by atoms with Gasteiger partial charge in [0.25, 0.3) is 0 Å². The van der Waals surface area contributed by atoms with E-state index in [0.29, 0.717) is 17.9 Å². The number of likely N-dealkylation sites (tertiary alicyclic amines) is 1. The number of hydrogen-bond donors (Lipinski definition) is 1. The zero-order valence-electron chi connectivity index (χ0n) is 11.3. The lowest BCUT2D eigenvalue weighted by atomic mass is 9.76. The molecule has 17 heavy (non-hydrogen) atoms. The van der Waals surface area contributed by atoms with Crippen LogP contribution >= 0.6 is 0 Å². The molecule has 1 aliphatic heterocycles. The average molecular weight is 239 g/mol. The summed E-state index contributed by atoms with van der Waals surface area (Å²) >= 11 is 0. The third kappa shape index (κ3) is 2.10. The average Bonchev–Trinajstić information content (AvgIpc) is 2.62. The van der Waals surface area contributed by atoms with Crippen LogP contribution in [0.1, 0.15) is 52.9 Å². The molecule has 2 fully saturated rings. The minimum atomic E-state index is -0.639. The van der Waals surface area contributed by atoms with E-state index in [2.05, 4.69) is 18.7 Å². The normalized spacial score (nSPS) is 43.8. The van der Waals surface area contributed by atoms with Crippen LogP contribution in [0.3, 0.4) is 0 Å². The second kappa shape index (κ2) is 4.60. The molecule has 3 nitrogen and oxygen atoms in total. The van der Waals surface area contributed by atoms with Crippen LogP contribution in [0.5, 0.6) is 0 Å². The summed E-state index contributed by atoms with van der Waals surface area (Å²) in [5.74, 6) is 0.631. The molecule has 0 spiro atoms. The second-order valence-electron chi connectivity index (χ2n) is 6.25. The first-order valence-electron chi connectivity index (χ1n) is 6.97. The Kier molecular flexibility index (Phi) is 3.48. The van der Waals surface area contributed by atoms with Gasteiger partial charge in [0, 0.05) is 6.04 Å². The first-order chi connectivity index (χ1) is 7.97. The van der Waals surface area contributed by atoms with Gasteiger partial charge in [0.2, 0.25) is 0 Å². The monoisotopic (exact) mass is 239 g/mol. The zero-order valence-corrected chi connectivity index (χ0v) is 11.3. The Labute approximate surface area is 104 Å². The van der Waals surface area contributed by atoms with Gasteiger partial charge in [-0.1, -0.05) is 20.3 Å². The maximum absolute atomic E-state index is 11.5. The van der Waals surface area contributed by atoms with Crippen molar-refractivity contribution in [1.82, 2.24) is 4.90 Å². The van der Waals surface area contributed by atoms with Gasteiger partial charge in [-0.2, -0.15) is 0 Å². The molecule has 1 saturated carbocycles. The first-order valence-corrected chi connectivity index (χ1v) is 6.97. The number of rotatable bonds is 2. The smallest absolute Gasteiger partial charge is 0.323 e. The predicted octanol–water partition coefficient (Wildman–Crippen LogP) is 2.75. The summed E-state index contributed by atoms with van der Waals surface area (Å²) in [6, 6.07) is 0.465. The lowest BCUT2D eigenvalue weighted by molar-refractivity contribution is -0.152. The van der Waals surface area contributed by atoms with Crippen LogP contribution < -0.4 is 0 Å². The molecule has 2 aliphatic rings. The van der Waals surface area contributed by atoms with Crippen molar-refractivity contribution in [3.63, 3.8) is 0 Å². The third-order valence-electron chi connectivity index (χ3n) is 5.00. The largest absolute Gasteiger partial charge is 0.480 e. The Bertz CT molecular complexity index is 295. The summed E-state index contributed by atoms with van der Waals surface area (Å²) in [7, 11) is 0. The van der Waals surface area contributed by atoms with E-state index in [0.717, 1.165) is 19.4 Å². The van der Waals surface area contributed by atoms with Gasteiger partial charge in [-0.3, -0.25) is 9.69 Å². The van der Waals surface area contributed by atoms with Crippen LogP contribution in [0, 0.1) is 11.8 Å². The van der Waals surface area contributed by atoms with Crippen molar-refractivity contribution in [2.24, 2.45) is 11.8 Å². The van der Waals surface area contributed by atoms with Crippen LogP contribution in [0.4, 0.5) is 0 Å². The highest BCUT2D eigenvalue weighted by Gasteiger charge is 2.49. The van der Waals surface area contributed by atoms with Crippen molar-refractivity contribution >= 4 is 5.97 Å². The molecule has 0 aromatic rings. The van der Waals surface area contributed by atoms with E-state index >= 15 is 0 Å². The number of aliphatic carboxylic acids is 1. The van der Waals surface area contributed by atoms with Gasteiger partial charge in [0.15, 0.2) is 0 Å². The summed E-state index contributed by atoms with van der Waals surface area (Å²) in [5, 5.41) is 9.50. The highest BCUT2D eigenvalue weighted by Crippen LogP contribution is 2.40. The molecule has 3 atom stereocenters. The molecule has 3 unspecified atom stereocenters. The number of carboxylic acid groups (broad SMARTS) is 1.